The summed E-state index contributed by atoms with van der Waals surface area (Å²) >= 11 is 0. The van der Waals surface area contributed by atoms with E-state index in [1.165, 1.54) is 16.7 Å². The van der Waals surface area contributed by atoms with Gasteiger partial charge >= 0.3 is 0 Å². The van der Waals surface area contributed by atoms with Crippen molar-refractivity contribution in [1.82, 2.24) is 4.90 Å². The average molecular weight is 234 g/mol. The van der Waals surface area contributed by atoms with E-state index in [4.69, 9.17) is 5.73 Å². The highest BCUT2D eigenvalue weighted by Gasteiger charge is 2.20. The van der Waals surface area contributed by atoms with Crippen molar-refractivity contribution in [3.8, 4) is 0 Å². The number of nitrogens with two attached hydrogens (primary N) is 1. The molecular weight excluding hydrogens is 208 g/mol. The van der Waals surface area contributed by atoms with Crippen molar-refractivity contribution in [2.75, 3.05) is 20.1 Å². The smallest absolute Gasteiger partial charge is 0.0272 e. The highest BCUT2D eigenvalue weighted by Crippen LogP contribution is 2.13. The van der Waals surface area contributed by atoms with Gasteiger partial charge in [-0.25, -0.2) is 0 Å². The Bertz CT molecular complexity index is 369. The van der Waals surface area contributed by atoms with Crippen molar-refractivity contribution in [3.05, 3.63) is 34.9 Å². The number of benzene rings is 1. The highest BCUT2D eigenvalue weighted by atomic mass is 15.2. The van der Waals surface area contributed by atoms with Crippen molar-refractivity contribution in [1.29, 1.82) is 0 Å². The molecule has 0 saturated heterocycles. The summed E-state index contributed by atoms with van der Waals surface area (Å²) < 4.78 is 0. The van der Waals surface area contributed by atoms with E-state index in [0.29, 0.717) is 6.54 Å². The predicted octanol–water partition coefficient (Wildman–Crippen LogP) is 2.52. The third-order valence-corrected chi connectivity index (χ3v) is 3.84. The Balaban J connectivity index is 2.59. The van der Waals surface area contributed by atoms with Crippen molar-refractivity contribution < 1.29 is 0 Å². The molecule has 0 aromatic heterocycles. The van der Waals surface area contributed by atoms with Crippen LogP contribution in [0.15, 0.2) is 18.2 Å². The fourth-order valence-corrected chi connectivity index (χ4v) is 1.71. The summed E-state index contributed by atoms with van der Waals surface area (Å²) in [5.41, 5.74) is 10.0. The molecule has 1 aromatic rings. The summed E-state index contributed by atoms with van der Waals surface area (Å²) in [4.78, 5) is 2.34. The van der Waals surface area contributed by atoms with Crippen LogP contribution >= 0.6 is 0 Å². The Morgan fingerprint density at radius 2 is 1.82 bits per heavy atom. The fourth-order valence-electron chi connectivity index (χ4n) is 1.71. The van der Waals surface area contributed by atoms with E-state index >= 15 is 0 Å². The Kier molecular flexibility index (Phi) is 4.72. The van der Waals surface area contributed by atoms with Crippen LogP contribution in [-0.4, -0.2) is 30.6 Å². The Morgan fingerprint density at radius 3 is 2.35 bits per heavy atom. The molecule has 0 bridgehead atoms. The summed E-state index contributed by atoms with van der Waals surface area (Å²) in [6.07, 6.45) is 1.08. The number of likely N-dealkylation sites (N-methyl/N-ethyl adjacent to an activating group) is 1. The second kappa shape index (κ2) is 5.65. The summed E-state index contributed by atoms with van der Waals surface area (Å²) in [6.45, 7) is 10.4. The van der Waals surface area contributed by atoms with Gasteiger partial charge in [-0.05, 0) is 57.9 Å². The van der Waals surface area contributed by atoms with Gasteiger partial charge in [0.2, 0.25) is 0 Å². The molecule has 2 nitrogen and oxygen atoms in total. The summed E-state index contributed by atoms with van der Waals surface area (Å²) in [5.74, 6) is 0. The van der Waals surface area contributed by atoms with Gasteiger partial charge in [-0.1, -0.05) is 18.2 Å². The molecule has 0 fully saturated rings. The molecule has 17 heavy (non-hydrogen) atoms. The van der Waals surface area contributed by atoms with Gasteiger partial charge < -0.3 is 5.73 Å². The Hall–Kier alpha value is -0.860. The summed E-state index contributed by atoms with van der Waals surface area (Å²) in [5, 5.41) is 0. The first kappa shape index (κ1) is 14.2. The van der Waals surface area contributed by atoms with Crippen molar-refractivity contribution >= 4 is 0 Å². The van der Waals surface area contributed by atoms with Crippen LogP contribution in [0.3, 0.4) is 0 Å². The minimum Gasteiger partial charge on any atom is -0.329 e. The minimum absolute atomic E-state index is 0.0831. The second-order valence-electron chi connectivity index (χ2n) is 5.61. The molecule has 1 rings (SSSR count). The maximum atomic E-state index is 5.78. The fraction of sp³-hybridized carbons (Fsp3) is 0.600. The average Bonchev–Trinajstić information content (AvgIpc) is 2.30. The molecule has 0 aliphatic rings. The van der Waals surface area contributed by atoms with Crippen LogP contribution in [0.25, 0.3) is 0 Å². The van der Waals surface area contributed by atoms with Gasteiger partial charge in [0.05, 0.1) is 0 Å². The van der Waals surface area contributed by atoms with Crippen LogP contribution in [0, 0.1) is 13.8 Å². The first-order chi connectivity index (χ1) is 7.86. The van der Waals surface area contributed by atoms with E-state index in [1.807, 2.05) is 0 Å². The van der Waals surface area contributed by atoms with Gasteiger partial charge in [0.25, 0.3) is 0 Å². The molecule has 1 aromatic carbocycles. The highest BCUT2D eigenvalue weighted by molar-refractivity contribution is 5.30. The largest absolute Gasteiger partial charge is 0.329 e. The summed E-state index contributed by atoms with van der Waals surface area (Å²) in [7, 11) is 2.15. The molecule has 0 radical (unpaired) electrons. The molecule has 0 unspecified atom stereocenters. The molecule has 0 aliphatic carbocycles. The van der Waals surface area contributed by atoms with Crippen molar-refractivity contribution in [2.24, 2.45) is 5.73 Å². The van der Waals surface area contributed by atoms with Gasteiger partial charge in [0.15, 0.2) is 0 Å². The maximum Gasteiger partial charge on any atom is 0.0272 e. The Morgan fingerprint density at radius 1 is 1.18 bits per heavy atom. The van der Waals surface area contributed by atoms with E-state index in [1.54, 1.807) is 0 Å². The molecule has 0 heterocycles. The SMILES string of the molecule is Cc1ccc(CCN(C)C(C)(C)CN)cc1C. The number of aryl methyl sites for hydroxylation is 2. The lowest BCUT2D eigenvalue weighted by molar-refractivity contribution is 0.166. The molecule has 2 N–H and O–H groups in total. The third kappa shape index (κ3) is 3.83. The van der Waals surface area contributed by atoms with E-state index < -0.39 is 0 Å². The van der Waals surface area contributed by atoms with Gasteiger partial charge in [0.1, 0.15) is 0 Å². The molecule has 96 valence electrons. The van der Waals surface area contributed by atoms with Crippen LogP contribution in [0.2, 0.25) is 0 Å². The van der Waals surface area contributed by atoms with Crippen molar-refractivity contribution in [3.63, 3.8) is 0 Å². The number of rotatable bonds is 5. The normalized spacial score (nSPS) is 12.2. The van der Waals surface area contributed by atoms with Crippen LogP contribution in [0.4, 0.5) is 0 Å². The lowest BCUT2D eigenvalue weighted by atomic mass is 10.0. The van der Waals surface area contributed by atoms with Gasteiger partial charge in [-0.2, -0.15) is 0 Å². The lowest BCUT2D eigenvalue weighted by Crippen LogP contribution is -2.47. The first-order valence-electron chi connectivity index (χ1n) is 6.34. The van der Waals surface area contributed by atoms with E-state index in [9.17, 15) is 0 Å². The standard InChI is InChI=1S/C15H26N2/c1-12-6-7-14(10-13(12)2)8-9-17(5)15(3,4)11-16/h6-7,10H,8-9,11,16H2,1-5H3. The molecular formula is C15H26N2. The zero-order chi connectivity index (χ0) is 13.1. The monoisotopic (exact) mass is 234 g/mol. The minimum atomic E-state index is 0.0831. The number of nitrogens with zero attached hydrogens (tertiary/aromatic N) is 1. The molecule has 0 spiro atoms. The zero-order valence-corrected chi connectivity index (χ0v) is 11.9. The quantitative estimate of drug-likeness (QED) is 0.848. The third-order valence-electron chi connectivity index (χ3n) is 3.84. The Labute approximate surface area is 106 Å². The van der Waals surface area contributed by atoms with Crippen LogP contribution in [0.1, 0.15) is 30.5 Å². The number of hydrogen-bond acceptors (Lipinski definition) is 2. The lowest BCUT2D eigenvalue weighted by Gasteiger charge is -2.34. The maximum absolute atomic E-state index is 5.78. The van der Waals surface area contributed by atoms with E-state index in [0.717, 1.165) is 13.0 Å². The van der Waals surface area contributed by atoms with E-state index in [-0.39, 0.29) is 5.54 Å². The predicted molar refractivity (Wildman–Crippen MR) is 75.4 cm³/mol. The molecule has 0 atom stereocenters. The van der Waals surface area contributed by atoms with Gasteiger partial charge in [-0.15, -0.1) is 0 Å². The topological polar surface area (TPSA) is 29.3 Å². The second-order valence-corrected chi connectivity index (χ2v) is 5.61. The molecule has 0 aliphatic heterocycles. The molecule has 0 amide bonds. The zero-order valence-electron chi connectivity index (χ0n) is 11.9. The van der Waals surface area contributed by atoms with Crippen LogP contribution < -0.4 is 5.73 Å². The first-order valence-corrected chi connectivity index (χ1v) is 6.34. The van der Waals surface area contributed by atoms with Crippen LogP contribution in [0.5, 0.6) is 0 Å². The van der Waals surface area contributed by atoms with Crippen molar-refractivity contribution in [2.45, 2.75) is 39.7 Å². The van der Waals surface area contributed by atoms with Crippen LogP contribution in [-0.2, 0) is 6.42 Å². The molecule has 0 saturated carbocycles. The number of hydrogen-bond donors (Lipinski definition) is 1. The summed E-state index contributed by atoms with van der Waals surface area (Å²) in [6, 6.07) is 6.73. The van der Waals surface area contributed by atoms with Gasteiger partial charge in [0, 0.05) is 18.6 Å². The van der Waals surface area contributed by atoms with E-state index in [2.05, 4.69) is 57.8 Å². The van der Waals surface area contributed by atoms with Gasteiger partial charge in [-0.3, -0.25) is 4.90 Å². The molecule has 2 heteroatoms.